The number of carbonyl (C=O) groups is 1. The van der Waals surface area contributed by atoms with E-state index in [1.165, 1.54) is 17.2 Å². The van der Waals surface area contributed by atoms with Crippen LogP contribution in [0, 0.1) is 6.92 Å². The number of aryl methyl sites for hydroxylation is 1. The molecule has 0 spiro atoms. The van der Waals surface area contributed by atoms with Gasteiger partial charge in [-0.3, -0.25) is 14.2 Å². The molecule has 2 aliphatic rings. The van der Waals surface area contributed by atoms with Crippen LogP contribution in [-0.2, 0) is 17.4 Å². The first-order valence-electron chi connectivity index (χ1n) is 12.3. The van der Waals surface area contributed by atoms with Crippen LogP contribution in [0.1, 0.15) is 74.8 Å². The molecule has 0 fully saturated rings. The van der Waals surface area contributed by atoms with Gasteiger partial charge in [-0.1, -0.05) is 39.8 Å². The van der Waals surface area contributed by atoms with Crippen molar-refractivity contribution in [2.45, 2.75) is 77.8 Å². The number of Topliss-reactive ketones (excluding diaryl/α,β-unsaturated/α-hetero) is 1. The number of hydrogen-bond acceptors (Lipinski definition) is 6. The van der Waals surface area contributed by atoms with E-state index in [0.29, 0.717) is 35.3 Å². The van der Waals surface area contributed by atoms with E-state index in [0.717, 1.165) is 12.8 Å². The third-order valence-electron chi connectivity index (χ3n) is 7.75. The fourth-order valence-corrected chi connectivity index (χ4v) is 5.41. The Balaban J connectivity index is 1.48. The summed E-state index contributed by atoms with van der Waals surface area (Å²) < 4.78 is 1.65. The average molecular weight is 472 g/mol. The smallest absolute Gasteiger partial charge is 0.255 e. The summed E-state index contributed by atoms with van der Waals surface area (Å²) in [7, 11) is 0. The highest BCUT2D eigenvalue weighted by Crippen LogP contribution is 2.46. The molecule has 7 nitrogen and oxygen atoms in total. The lowest BCUT2D eigenvalue weighted by Crippen LogP contribution is -2.36. The molecule has 35 heavy (non-hydrogen) atoms. The maximum atomic E-state index is 13.5. The molecule has 3 heterocycles. The zero-order valence-electron chi connectivity index (χ0n) is 21.4. The predicted molar refractivity (Wildman–Crippen MR) is 137 cm³/mol. The minimum Gasteiger partial charge on any atom is -0.330 e. The summed E-state index contributed by atoms with van der Waals surface area (Å²) in [6.07, 6.45) is 3.89. The van der Waals surface area contributed by atoms with Crippen LogP contribution in [0.4, 0.5) is 5.95 Å². The summed E-state index contributed by atoms with van der Waals surface area (Å²) in [4.78, 5) is 41.7. The van der Waals surface area contributed by atoms with Crippen LogP contribution in [0.2, 0.25) is 0 Å². The van der Waals surface area contributed by atoms with Crippen molar-refractivity contribution in [3.63, 3.8) is 0 Å². The van der Waals surface area contributed by atoms with Gasteiger partial charge in [-0.15, -0.1) is 0 Å². The molecule has 182 valence electrons. The molecule has 1 aliphatic carbocycles. The van der Waals surface area contributed by atoms with Crippen molar-refractivity contribution >= 4 is 11.7 Å². The zero-order valence-corrected chi connectivity index (χ0v) is 21.4. The second-order valence-electron chi connectivity index (χ2n) is 11.3. The first-order chi connectivity index (χ1) is 16.5. The summed E-state index contributed by atoms with van der Waals surface area (Å²) >= 11 is 0. The summed E-state index contributed by atoms with van der Waals surface area (Å²) in [5.74, 6) is 1.16. The lowest BCUT2D eigenvalue weighted by Gasteiger charge is -2.42. The molecule has 1 unspecified atom stereocenters. The molecule has 1 atom stereocenters. The number of nitrogens with zero attached hydrogens (tertiary/aromatic N) is 5. The van der Waals surface area contributed by atoms with Crippen LogP contribution in [0.25, 0.3) is 11.4 Å². The van der Waals surface area contributed by atoms with Gasteiger partial charge in [0.2, 0.25) is 5.95 Å². The van der Waals surface area contributed by atoms with Gasteiger partial charge in [-0.05, 0) is 60.8 Å². The van der Waals surface area contributed by atoms with E-state index in [9.17, 15) is 9.59 Å². The topological polar surface area (TPSA) is 81.0 Å². The molecule has 0 amide bonds. The summed E-state index contributed by atoms with van der Waals surface area (Å²) in [5.41, 5.74) is 4.42. The van der Waals surface area contributed by atoms with Crippen LogP contribution in [-0.4, -0.2) is 37.9 Å². The van der Waals surface area contributed by atoms with Crippen LogP contribution in [0.15, 0.2) is 41.3 Å². The first-order valence-corrected chi connectivity index (χ1v) is 12.3. The van der Waals surface area contributed by atoms with Gasteiger partial charge in [-0.25, -0.2) is 15.0 Å². The fraction of sp³-hybridized carbons (Fsp3) is 0.464. The van der Waals surface area contributed by atoms with Crippen molar-refractivity contribution in [3.8, 4) is 11.4 Å². The Kier molecular flexibility index (Phi) is 5.42. The predicted octanol–water partition coefficient (Wildman–Crippen LogP) is 4.45. The normalized spacial score (nSPS) is 19.8. The van der Waals surface area contributed by atoms with E-state index in [2.05, 4.69) is 49.8 Å². The maximum absolute atomic E-state index is 13.5. The van der Waals surface area contributed by atoms with E-state index in [-0.39, 0.29) is 34.8 Å². The molecule has 5 rings (SSSR count). The summed E-state index contributed by atoms with van der Waals surface area (Å²) in [6, 6.07) is 9.44. The highest BCUT2D eigenvalue weighted by Gasteiger charge is 2.38. The van der Waals surface area contributed by atoms with Crippen molar-refractivity contribution < 1.29 is 4.79 Å². The molecule has 0 saturated heterocycles. The second kappa shape index (κ2) is 8.11. The Morgan fingerprint density at radius 3 is 2.43 bits per heavy atom. The molecule has 0 radical (unpaired) electrons. The van der Waals surface area contributed by atoms with Crippen LogP contribution in [0.5, 0.6) is 0 Å². The Labute approximate surface area is 206 Å². The number of aromatic nitrogens is 4. The highest BCUT2D eigenvalue weighted by molar-refractivity contribution is 5.99. The summed E-state index contributed by atoms with van der Waals surface area (Å²) in [5, 5.41) is 0. The van der Waals surface area contributed by atoms with Gasteiger partial charge in [0.15, 0.2) is 5.78 Å². The van der Waals surface area contributed by atoms with Crippen molar-refractivity contribution in [2.75, 3.05) is 11.4 Å². The van der Waals surface area contributed by atoms with Gasteiger partial charge in [0, 0.05) is 30.4 Å². The van der Waals surface area contributed by atoms with Crippen LogP contribution < -0.4 is 10.5 Å². The number of benzene rings is 1. The fourth-order valence-electron chi connectivity index (χ4n) is 5.41. The van der Waals surface area contributed by atoms with Gasteiger partial charge in [0.05, 0.1) is 17.9 Å². The van der Waals surface area contributed by atoms with Gasteiger partial charge in [0.25, 0.3) is 5.56 Å². The van der Waals surface area contributed by atoms with Crippen molar-refractivity contribution in [1.82, 2.24) is 19.5 Å². The van der Waals surface area contributed by atoms with E-state index in [1.807, 2.05) is 17.9 Å². The molecule has 0 N–H and O–H groups in total. The number of rotatable bonds is 4. The molecule has 1 aliphatic heterocycles. The number of ketones is 1. The quantitative estimate of drug-likeness (QED) is 0.523. The van der Waals surface area contributed by atoms with E-state index in [4.69, 9.17) is 4.98 Å². The minimum atomic E-state index is -0.138. The molecular weight excluding hydrogens is 438 g/mol. The Morgan fingerprint density at radius 1 is 1.00 bits per heavy atom. The number of carbonyl (C=O) groups excluding carboxylic acids is 1. The molecule has 1 aromatic carbocycles. The van der Waals surface area contributed by atoms with E-state index < -0.39 is 0 Å². The SMILES string of the molecule is Cc1nccc(-c2cc(=O)n3c(n2)N(CC(=O)c2ccc4c(c2)C(C)(C)CCC4(C)C)C(C)C3)n1. The van der Waals surface area contributed by atoms with Gasteiger partial charge >= 0.3 is 0 Å². The third kappa shape index (κ3) is 4.07. The lowest BCUT2D eigenvalue weighted by atomic mass is 9.63. The van der Waals surface area contributed by atoms with Gasteiger partial charge in [-0.2, -0.15) is 0 Å². The number of fused-ring (bicyclic) bond motifs is 2. The van der Waals surface area contributed by atoms with Crippen molar-refractivity contribution in [1.29, 1.82) is 0 Å². The molecule has 0 saturated carbocycles. The first kappa shape index (κ1) is 23.4. The van der Waals surface area contributed by atoms with Gasteiger partial charge in [0.1, 0.15) is 5.82 Å². The van der Waals surface area contributed by atoms with E-state index in [1.54, 1.807) is 23.8 Å². The monoisotopic (exact) mass is 471 g/mol. The van der Waals surface area contributed by atoms with Crippen LogP contribution >= 0.6 is 0 Å². The lowest BCUT2D eigenvalue weighted by molar-refractivity contribution is 0.0997. The zero-order chi connectivity index (χ0) is 25.1. The van der Waals surface area contributed by atoms with Crippen LogP contribution in [0.3, 0.4) is 0 Å². The molecule has 0 bridgehead atoms. The molecule has 2 aromatic heterocycles. The standard InChI is InChI=1S/C28H33N5O2/c1-17-15-33-25(35)14-23(22-9-12-29-18(2)30-22)31-26(33)32(17)16-24(34)19-7-8-20-21(13-19)28(5,6)11-10-27(20,3)4/h7-9,12-14,17H,10-11,15-16H2,1-6H3. The van der Waals surface area contributed by atoms with Crippen molar-refractivity contribution in [2.24, 2.45) is 0 Å². The molecule has 7 heteroatoms. The molecule has 3 aromatic rings. The largest absolute Gasteiger partial charge is 0.330 e. The Bertz CT molecular complexity index is 1390. The Morgan fingerprint density at radius 2 is 1.71 bits per heavy atom. The summed E-state index contributed by atoms with van der Waals surface area (Å²) in [6.45, 7) is 13.6. The second-order valence-corrected chi connectivity index (χ2v) is 11.3. The maximum Gasteiger partial charge on any atom is 0.255 e. The molecular formula is C28H33N5O2. The highest BCUT2D eigenvalue weighted by atomic mass is 16.1. The van der Waals surface area contributed by atoms with Crippen molar-refractivity contribution in [3.05, 3.63) is 69.4 Å². The Hall–Kier alpha value is -3.35. The number of anilines is 1. The van der Waals surface area contributed by atoms with E-state index >= 15 is 0 Å². The van der Waals surface area contributed by atoms with Gasteiger partial charge < -0.3 is 4.90 Å². The number of hydrogen-bond donors (Lipinski definition) is 0. The average Bonchev–Trinajstić information content (AvgIpc) is 3.12. The third-order valence-corrected chi connectivity index (χ3v) is 7.75. The minimum absolute atomic E-state index is 0.0189.